The molecule has 1 aliphatic heterocycles. The highest BCUT2D eigenvalue weighted by Crippen LogP contribution is 2.37. The monoisotopic (exact) mass is 352 g/mol. The summed E-state index contributed by atoms with van der Waals surface area (Å²) in [5.41, 5.74) is 5.93. The third kappa shape index (κ3) is 2.88. The molecule has 2 aromatic carbocycles. The zero-order valence-electron chi connectivity index (χ0n) is 15.5. The van der Waals surface area contributed by atoms with E-state index in [1.807, 2.05) is 19.1 Å². The van der Waals surface area contributed by atoms with Crippen LogP contribution in [-0.4, -0.2) is 18.1 Å². The Labute approximate surface area is 153 Å². The van der Waals surface area contributed by atoms with Crippen LogP contribution in [0.4, 0.5) is 4.39 Å². The molecule has 1 aromatic heterocycles. The van der Waals surface area contributed by atoms with Crippen LogP contribution >= 0.6 is 0 Å². The third-order valence-corrected chi connectivity index (χ3v) is 5.22. The molecule has 0 amide bonds. The Morgan fingerprint density at radius 2 is 2.04 bits per heavy atom. The molecule has 26 heavy (non-hydrogen) atoms. The van der Waals surface area contributed by atoms with Crippen LogP contribution in [0.3, 0.4) is 0 Å². The van der Waals surface area contributed by atoms with Crippen molar-refractivity contribution in [2.75, 3.05) is 13.2 Å². The van der Waals surface area contributed by atoms with Gasteiger partial charge in [0.25, 0.3) is 0 Å². The minimum atomic E-state index is -0.182. The molecular formula is C22H25FN2O. The maximum Gasteiger partial charge on any atom is 0.123 e. The summed E-state index contributed by atoms with van der Waals surface area (Å²) < 4.78 is 19.4. The maximum absolute atomic E-state index is 13.7. The fourth-order valence-corrected chi connectivity index (χ4v) is 4.04. The van der Waals surface area contributed by atoms with Crippen LogP contribution in [0.5, 0.6) is 5.75 Å². The van der Waals surface area contributed by atoms with Crippen molar-refractivity contribution in [1.29, 1.82) is 0 Å². The molecule has 0 aliphatic carbocycles. The maximum atomic E-state index is 13.7. The van der Waals surface area contributed by atoms with Gasteiger partial charge in [0.15, 0.2) is 0 Å². The molecule has 0 saturated heterocycles. The predicted molar refractivity (Wildman–Crippen MR) is 104 cm³/mol. The Bertz CT molecular complexity index is 945. The Morgan fingerprint density at radius 3 is 2.81 bits per heavy atom. The first-order valence-electron chi connectivity index (χ1n) is 9.38. The van der Waals surface area contributed by atoms with Gasteiger partial charge in [0, 0.05) is 23.1 Å². The van der Waals surface area contributed by atoms with Crippen molar-refractivity contribution in [3.05, 3.63) is 64.6 Å². The molecular weight excluding hydrogens is 327 g/mol. The van der Waals surface area contributed by atoms with E-state index < -0.39 is 0 Å². The molecule has 2 N–H and O–H groups in total. The molecule has 136 valence electrons. The lowest BCUT2D eigenvalue weighted by Gasteiger charge is -2.28. The number of hydrogen-bond acceptors (Lipinski definition) is 2. The standard InChI is InChI=1S/C22H25FN2O/c1-4-26-15-6-7-16(18(12-15)13(2)3)21-22-17(9-10-24-21)19-11-14(23)5-8-20(19)25-22/h5-8,11-13,21,24-25H,4,9-10H2,1-3H3. The Hall–Kier alpha value is -2.33. The third-order valence-electron chi connectivity index (χ3n) is 5.22. The number of halogens is 1. The second kappa shape index (κ2) is 6.76. The number of fused-ring (bicyclic) bond motifs is 3. The van der Waals surface area contributed by atoms with Crippen LogP contribution in [0.25, 0.3) is 10.9 Å². The number of nitrogens with one attached hydrogen (secondary N) is 2. The molecule has 0 fully saturated rings. The molecule has 0 radical (unpaired) electrons. The van der Waals surface area contributed by atoms with E-state index in [1.54, 1.807) is 6.07 Å². The lowest BCUT2D eigenvalue weighted by atomic mass is 9.87. The number of rotatable bonds is 4. The van der Waals surface area contributed by atoms with Gasteiger partial charge in [-0.1, -0.05) is 19.9 Å². The quantitative estimate of drug-likeness (QED) is 0.688. The lowest BCUT2D eigenvalue weighted by molar-refractivity contribution is 0.339. The van der Waals surface area contributed by atoms with Gasteiger partial charge < -0.3 is 15.0 Å². The number of aromatic nitrogens is 1. The highest BCUT2D eigenvalue weighted by Gasteiger charge is 2.27. The average Bonchev–Trinajstić information content (AvgIpc) is 3.00. The summed E-state index contributed by atoms with van der Waals surface area (Å²) in [4.78, 5) is 3.54. The molecule has 1 atom stereocenters. The zero-order valence-corrected chi connectivity index (χ0v) is 15.5. The van der Waals surface area contributed by atoms with Crippen LogP contribution < -0.4 is 10.1 Å². The highest BCUT2D eigenvalue weighted by molar-refractivity contribution is 5.85. The van der Waals surface area contributed by atoms with E-state index in [9.17, 15) is 4.39 Å². The van der Waals surface area contributed by atoms with Gasteiger partial charge >= 0.3 is 0 Å². The molecule has 4 rings (SSSR count). The van der Waals surface area contributed by atoms with Gasteiger partial charge in [-0.3, -0.25) is 0 Å². The molecule has 1 aliphatic rings. The van der Waals surface area contributed by atoms with E-state index in [0.717, 1.165) is 35.3 Å². The van der Waals surface area contributed by atoms with Gasteiger partial charge in [-0.05, 0) is 66.3 Å². The minimum absolute atomic E-state index is 0.0855. The molecule has 3 aromatic rings. The molecule has 0 spiro atoms. The SMILES string of the molecule is CCOc1ccc(C2NCCc3c2[nH]c2ccc(F)cc32)c(C(C)C)c1. The summed E-state index contributed by atoms with van der Waals surface area (Å²) in [6.45, 7) is 7.96. The molecule has 2 heterocycles. The van der Waals surface area contributed by atoms with Crippen LogP contribution in [-0.2, 0) is 6.42 Å². The second-order valence-corrected chi connectivity index (χ2v) is 7.22. The normalized spacial score (nSPS) is 16.9. The number of aromatic amines is 1. The second-order valence-electron chi connectivity index (χ2n) is 7.22. The number of hydrogen-bond donors (Lipinski definition) is 2. The molecule has 1 unspecified atom stereocenters. The average molecular weight is 352 g/mol. The number of ether oxygens (including phenoxy) is 1. The van der Waals surface area contributed by atoms with Gasteiger partial charge in [0.05, 0.1) is 12.6 Å². The summed E-state index contributed by atoms with van der Waals surface area (Å²) in [7, 11) is 0. The van der Waals surface area contributed by atoms with E-state index in [2.05, 4.69) is 36.3 Å². The number of benzene rings is 2. The van der Waals surface area contributed by atoms with Gasteiger partial charge in [-0.2, -0.15) is 0 Å². The zero-order chi connectivity index (χ0) is 18.3. The van der Waals surface area contributed by atoms with E-state index >= 15 is 0 Å². The van der Waals surface area contributed by atoms with E-state index in [0.29, 0.717) is 12.5 Å². The van der Waals surface area contributed by atoms with E-state index in [1.165, 1.54) is 22.8 Å². The summed E-state index contributed by atoms with van der Waals surface area (Å²) in [5.74, 6) is 1.12. The first-order valence-corrected chi connectivity index (χ1v) is 9.38. The summed E-state index contributed by atoms with van der Waals surface area (Å²) >= 11 is 0. The van der Waals surface area contributed by atoms with Crippen molar-refractivity contribution in [2.45, 2.75) is 39.2 Å². The van der Waals surface area contributed by atoms with Crippen molar-refractivity contribution < 1.29 is 9.13 Å². The van der Waals surface area contributed by atoms with Crippen LogP contribution in [0, 0.1) is 5.82 Å². The lowest BCUT2D eigenvalue weighted by Crippen LogP contribution is -2.31. The van der Waals surface area contributed by atoms with Gasteiger partial charge in [0.1, 0.15) is 11.6 Å². The van der Waals surface area contributed by atoms with Crippen LogP contribution in [0.2, 0.25) is 0 Å². The molecule has 0 saturated carbocycles. The first kappa shape index (κ1) is 17.1. The van der Waals surface area contributed by atoms with Gasteiger partial charge in [0.2, 0.25) is 0 Å². The summed E-state index contributed by atoms with van der Waals surface area (Å²) in [6.07, 6.45) is 0.906. The molecule has 0 bridgehead atoms. The van der Waals surface area contributed by atoms with Gasteiger partial charge in [-0.15, -0.1) is 0 Å². The smallest absolute Gasteiger partial charge is 0.123 e. The fraction of sp³-hybridized carbons (Fsp3) is 0.364. The van der Waals surface area contributed by atoms with Crippen LogP contribution in [0.15, 0.2) is 36.4 Å². The van der Waals surface area contributed by atoms with E-state index in [-0.39, 0.29) is 11.9 Å². The van der Waals surface area contributed by atoms with Crippen molar-refractivity contribution in [1.82, 2.24) is 10.3 Å². The number of H-pyrrole nitrogens is 1. The van der Waals surface area contributed by atoms with Crippen molar-refractivity contribution in [2.24, 2.45) is 0 Å². The summed E-state index contributed by atoms with van der Waals surface area (Å²) in [5, 5.41) is 4.65. The Morgan fingerprint density at radius 1 is 1.19 bits per heavy atom. The van der Waals surface area contributed by atoms with Crippen LogP contribution in [0.1, 0.15) is 55.1 Å². The largest absolute Gasteiger partial charge is 0.494 e. The summed E-state index contributed by atoms with van der Waals surface area (Å²) in [6, 6.07) is 11.4. The van der Waals surface area contributed by atoms with E-state index in [4.69, 9.17) is 4.74 Å². The fourth-order valence-electron chi connectivity index (χ4n) is 4.04. The van der Waals surface area contributed by atoms with Crippen molar-refractivity contribution in [3.8, 4) is 5.75 Å². The Balaban J connectivity index is 1.84. The molecule has 4 heteroatoms. The minimum Gasteiger partial charge on any atom is -0.494 e. The molecule has 3 nitrogen and oxygen atoms in total. The Kier molecular flexibility index (Phi) is 4.45. The van der Waals surface area contributed by atoms with Crippen molar-refractivity contribution in [3.63, 3.8) is 0 Å². The topological polar surface area (TPSA) is 37.0 Å². The highest BCUT2D eigenvalue weighted by atomic mass is 19.1. The predicted octanol–water partition coefficient (Wildman–Crippen LogP) is 5.06. The van der Waals surface area contributed by atoms with Crippen molar-refractivity contribution >= 4 is 10.9 Å². The van der Waals surface area contributed by atoms with Gasteiger partial charge in [-0.25, -0.2) is 4.39 Å². The first-order chi connectivity index (χ1) is 12.6.